The molecule has 1 aliphatic heterocycles. The third-order valence-electron chi connectivity index (χ3n) is 6.56. The first kappa shape index (κ1) is 22.2. The number of benzene rings is 1. The molecule has 31 heavy (non-hydrogen) atoms. The molecule has 0 radical (unpaired) electrons. The molecule has 1 aromatic heterocycles. The lowest BCUT2D eigenvalue weighted by Gasteiger charge is -2.40. The van der Waals surface area contributed by atoms with Gasteiger partial charge in [-0.15, -0.1) is 0 Å². The van der Waals surface area contributed by atoms with Crippen LogP contribution in [-0.2, 0) is 14.8 Å². The summed E-state index contributed by atoms with van der Waals surface area (Å²) in [5.74, 6) is 1.65. The molecule has 1 saturated heterocycles. The van der Waals surface area contributed by atoms with Crippen LogP contribution in [0.15, 0.2) is 54.7 Å². The molecule has 0 bridgehead atoms. The van der Waals surface area contributed by atoms with Gasteiger partial charge in [-0.1, -0.05) is 36.4 Å². The Morgan fingerprint density at radius 3 is 2.45 bits per heavy atom. The van der Waals surface area contributed by atoms with Gasteiger partial charge in [-0.05, 0) is 55.7 Å². The van der Waals surface area contributed by atoms with Gasteiger partial charge in [0.15, 0.2) is 0 Å². The van der Waals surface area contributed by atoms with E-state index < -0.39 is 10.0 Å². The second-order valence-corrected chi connectivity index (χ2v) is 10.7. The molecule has 1 saturated carbocycles. The number of nitrogens with zero attached hydrogens (tertiary/aromatic N) is 2. The topological polar surface area (TPSA) is 71.5 Å². The van der Waals surface area contributed by atoms with Gasteiger partial charge in [0.05, 0.1) is 19.0 Å². The summed E-state index contributed by atoms with van der Waals surface area (Å²) < 4.78 is 33.0. The third kappa shape index (κ3) is 6.28. The maximum Gasteiger partial charge on any atom is 0.208 e. The van der Waals surface area contributed by atoms with Crippen molar-refractivity contribution >= 4 is 15.8 Å². The number of aromatic nitrogens is 1. The lowest BCUT2D eigenvalue weighted by atomic mass is 9.82. The third-order valence-corrected chi connectivity index (χ3v) is 7.29. The Kier molecular flexibility index (Phi) is 7.25. The summed E-state index contributed by atoms with van der Waals surface area (Å²) in [7, 11) is -3.26. The van der Waals surface area contributed by atoms with Gasteiger partial charge < -0.3 is 9.64 Å². The van der Waals surface area contributed by atoms with Crippen molar-refractivity contribution in [3.63, 3.8) is 0 Å². The molecular weight excluding hydrogens is 410 g/mol. The summed E-state index contributed by atoms with van der Waals surface area (Å²) in [6, 6.07) is 16.5. The Bertz CT molecular complexity index is 916. The highest BCUT2D eigenvalue weighted by Gasteiger charge is 2.33. The zero-order valence-corrected chi connectivity index (χ0v) is 19.0. The molecule has 0 amide bonds. The van der Waals surface area contributed by atoms with Crippen LogP contribution >= 0.6 is 0 Å². The molecule has 1 unspecified atom stereocenters. The normalized spacial score (nSPS) is 27.2. The molecule has 2 atom stereocenters. The van der Waals surface area contributed by atoms with Crippen molar-refractivity contribution < 1.29 is 13.2 Å². The largest absolute Gasteiger partial charge is 0.378 e. The molecule has 4 rings (SSSR count). The summed E-state index contributed by atoms with van der Waals surface area (Å²) in [6.45, 7) is 2.09. The van der Waals surface area contributed by atoms with Crippen LogP contribution in [0, 0.1) is 5.92 Å². The number of nitrogens with one attached hydrogen (secondary N) is 1. The molecule has 168 valence electrons. The zero-order valence-electron chi connectivity index (χ0n) is 18.2. The lowest BCUT2D eigenvalue weighted by molar-refractivity contribution is -0.00213. The van der Waals surface area contributed by atoms with Crippen molar-refractivity contribution in [3.8, 4) is 0 Å². The minimum atomic E-state index is -3.26. The van der Waals surface area contributed by atoms with Crippen molar-refractivity contribution in [2.24, 2.45) is 5.92 Å². The van der Waals surface area contributed by atoms with Crippen molar-refractivity contribution in [1.29, 1.82) is 0 Å². The molecular formula is C24H33N3O3S. The van der Waals surface area contributed by atoms with Crippen LogP contribution in [-0.4, -0.2) is 51.5 Å². The van der Waals surface area contributed by atoms with Crippen LogP contribution in [0.3, 0.4) is 0 Å². The standard InChI is InChI=1S/C24H33N3O3S/c1-31(28,29)26-23-14-16-27(24-9-5-6-15-25-24)17-21(23)18-30-22-12-10-20(11-13-22)19-7-3-2-4-8-19/h2-9,15,20-23,26H,10-14,16-18H2,1H3/t20?,21?,22?,23-/m0/s1. The van der Waals surface area contributed by atoms with Crippen LogP contribution in [0.2, 0.25) is 0 Å². The van der Waals surface area contributed by atoms with Crippen LogP contribution in [0.5, 0.6) is 0 Å². The highest BCUT2D eigenvalue weighted by molar-refractivity contribution is 7.88. The van der Waals surface area contributed by atoms with E-state index in [1.165, 1.54) is 11.8 Å². The Morgan fingerprint density at radius 1 is 1.03 bits per heavy atom. The maximum absolute atomic E-state index is 11.9. The van der Waals surface area contributed by atoms with Crippen LogP contribution < -0.4 is 9.62 Å². The van der Waals surface area contributed by atoms with Gasteiger partial charge in [0, 0.05) is 31.2 Å². The summed E-state index contributed by atoms with van der Waals surface area (Å²) in [5.41, 5.74) is 1.43. The quantitative estimate of drug-likeness (QED) is 0.708. The van der Waals surface area contributed by atoms with Gasteiger partial charge >= 0.3 is 0 Å². The fourth-order valence-corrected chi connectivity index (χ4v) is 5.79. The average Bonchev–Trinajstić information content (AvgIpc) is 2.79. The Balaban J connectivity index is 1.34. The van der Waals surface area contributed by atoms with Gasteiger partial charge in [-0.25, -0.2) is 18.1 Å². The molecule has 2 heterocycles. The SMILES string of the molecule is CS(=O)(=O)N[C@H]1CCN(c2ccccn2)CC1COC1CCC(c2ccccc2)CC1. The predicted molar refractivity (Wildman–Crippen MR) is 124 cm³/mol. The molecule has 0 spiro atoms. The van der Waals surface area contributed by atoms with Crippen molar-refractivity contribution in [3.05, 3.63) is 60.3 Å². The Labute approximate surface area is 186 Å². The number of rotatable bonds is 7. The first-order valence-electron chi connectivity index (χ1n) is 11.3. The van der Waals surface area contributed by atoms with Gasteiger partial charge in [0.1, 0.15) is 5.82 Å². The van der Waals surface area contributed by atoms with Gasteiger partial charge in [0.2, 0.25) is 10.0 Å². The molecule has 7 heteroatoms. The number of sulfonamides is 1. The molecule has 2 aromatic rings. The van der Waals surface area contributed by atoms with Gasteiger partial charge in [-0.2, -0.15) is 0 Å². The lowest BCUT2D eigenvalue weighted by Crippen LogP contribution is -2.52. The highest BCUT2D eigenvalue weighted by atomic mass is 32.2. The number of hydrogen-bond acceptors (Lipinski definition) is 5. The number of pyridine rings is 1. The van der Waals surface area contributed by atoms with Gasteiger partial charge in [-0.3, -0.25) is 0 Å². The highest BCUT2D eigenvalue weighted by Crippen LogP contribution is 2.34. The first-order valence-corrected chi connectivity index (χ1v) is 13.2. The van der Waals surface area contributed by atoms with Crippen molar-refractivity contribution in [2.45, 2.75) is 50.2 Å². The summed E-state index contributed by atoms with van der Waals surface area (Å²) in [5, 5.41) is 0. The monoisotopic (exact) mass is 443 g/mol. The van der Waals surface area contributed by atoms with Crippen LogP contribution in [0.25, 0.3) is 0 Å². The number of anilines is 1. The summed E-state index contributed by atoms with van der Waals surface area (Å²) in [6.07, 6.45) is 8.44. The molecule has 2 fully saturated rings. The predicted octanol–water partition coefficient (Wildman–Crippen LogP) is 3.57. The van der Waals surface area contributed by atoms with Gasteiger partial charge in [0.25, 0.3) is 0 Å². The molecule has 1 N–H and O–H groups in total. The number of hydrogen-bond donors (Lipinski definition) is 1. The Hall–Kier alpha value is -1.96. The number of piperidine rings is 1. The zero-order chi connectivity index (χ0) is 21.7. The molecule has 1 aromatic carbocycles. The van der Waals surface area contributed by atoms with E-state index in [2.05, 4.69) is 44.9 Å². The maximum atomic E-state index is 11.9. The van der Waals surface area contributed by atoms with E-state index in [0.717, 1.165) is 51.0 Å². The smallest absolute Gasteiger partial charge is 0.208 e. The molecule has 2 aliphatic rings. The minimum absolute atomic E-state index is 0.0947. The van der Waals surface area contributed by atoms with E-state index >= 15 is 0 Å². The second kappa shape index (κ2) is 10.1. The van der Waals surface area contributed by atoms with E-state index in [1.807, 2.05) is 18.2 Å². The van der Waals surface area contributed by atoms with E-state index in [4.69, 9.17) is 4.74 Å². The van der Waals surface area contributed by atoms with Crippen LogP contribution in [0.1, 0.15) is 43.6 Å². The average molecular weight is 444 g/mol. The van der Waals surface area contributed by atoms with Crippen molar-refractivity contribution in [2.75, 3.05) is 30.9 Å². The van der Waals surface area contributed by atoms with E-state index in [9.17, 15) is 8.42 Å². The van der Waals surface area contributed by atoms with Crippen molar-refractivity contribution in [1.82, 2.24) is 9.71 Å². The molecule has 6 nitrogen and oxygen atoms in total. The fraction of sp³-hybridized carbons (Fsp3) is 0.542. The van der Waals surface area contributed by atoms with Crippen LogP contribution in [0.4, 0.5) is 5.82 Å². The number of ether oxygens (including phenoxy) is 1. The minimum Gasteiger partial charge on any atom is -0.378 e. The summed E-state index contributed by atoms with van der Waals surface area (Å²) >= 11 is 0. The van der Waals surface area contributed by atoms with E-state index in [1.54, 1.807) is 6.20 Å². The Morgan fingerprint density at radius 2 is 1.77 bits per heavy atom. The second-order valence-electron chi connectivity index (χ2n) is 8.90. The summed E-state index contributed by atoms with van der Waals surface area (Å²) in [4.78, 5) is 6.71. The fourth-order valence-electron chi connectivity index (χ4n) is 4.93. The van der Waals surface area contributed by atoms with E-state index in [0.29, 0.717) is 12.5 Å². The van der Waals surface area contributed by atoms with E-state index in [-0.39, 0.29) is 18.1 Å². The molecule has 1 aliphatic carbocycles. The first-order chi connectivity index (χ1) is 15.0.